The molecule has 162 valence electrons. The summed E-state index contributed by atoms with van der Waals surface area (Å²) in [6, 6.07) is 14.0. The Morgan fingerprint density at radius 2 is 1.97 bits per heavy atom. The van der Waals surface area contributed by atoms with Crippen LogP contribution < -0.4 is 5.56 Å². The Bertz CT molecular complexity index is 1320. The molecule has 9 heteroatoms. The van der Waals surface area contributed by atoms with Crippen molar-refractivity contribution in [1.29, 1.82) is 0 Å². The van der Waals surface area contributed by atoms with E-state index in [0.717, 1.165) is 0 Å². The zero-order chi connectivity index (χ0) is 22.1. The first kappa shape index (κ1) is 20.0. The summed E-state index contributed by atoms with van der Waals surface area (Å²) >= 11 is 0. The molecule has 0 fully saturated rings. The number of hydrogen-bond donors (Lipinski definition) is 1. The maximum absolute atomic E-state index is 13.2. The largest absolute Gasteiger partial charge is 0.467 e. The van der Waals surface area contributed by atoms with E-state index in [1.165, 1.54) is 5.01 Å². The highest BCUT2D eigenvalue weighted by molar-refractivity contribution is 6.01. The van der Waals surface area contributed by atoms with Gasteiger partial charge in [0.15, 0.2) is 0 Å². The third-order valence-corrected chi connectivity index (χ3v) is 5.33. The lowest BCUT2D eigenvalue weighted by atomic mass is 10.1. The Kier molecular flexibility index (Phi) is 5.16. The molecule has 3 aromatic heterocycles. The molecule has 1 amide bonds. The normalized spacial score (nSPS) is 16.1. The Balaban J connectivity index is 1.34. The zero-order valence-electron chi connectivity index (χ0n) is 17.4. The van der Waals surface area contributed by atoms with Gasteiger partial charge in [0.25, 0.3) is 11.5 Å². The van der Waals surface area contributed by atoms with Gasteiger partial charge in [0, 0.05) is 6.42 Å². The molecule has 0 saturated heterocycles. The lowest BCUT2D eigenvalue weighted by Gasteiger charge is -2.23. The lowest BCUT2D eigenvalue weighted by molar-refractivity contribution is -0.134. The Hall–Kier alpha value is -3.98. The average molecular weight is 431 g/mol. The molecular weight excluding hydrogens is 410 g/mol. The molecule has 0 aliphatic carbocycles. The number of furan rings is 2. The highest BCUT2D eigenvalue weighted by Gasteiger charge is 2.35. The lowest BCUT2D eigenvalue weighted by Crippen LogP contribution is -2.36. The van der Waals surface area contributed by atoms with Crippen LogP contribution in [0.15, 0.2) is 79.8 Å². The summed E-state index contributed by atoms with van der Waals surface area (Å²) < 4.78 is 11.0. The van der Waals surface area contributed by atoms with Crippen molar-refractivity contribution < 1.29 is 13.6 Å². The molecule has 9 nitrogen and oxygen atoms in total. The predicted octanol–water partition coefficient (Wildman–Crippen LogP) is 2.92. The number of hydrogen-bond acceptors (Lipinski definition) is 7. The van der Waals surface area contributed by atoms with Gasteiger partial charge in [-0.1, -0.05) is 12.1 Å². The van der Waals surface area contributed by atoms with Gasteiger partial charge in [-0.15, -0.1) is 0 Å². The van der Waals surface area contributed by atoms with Crippen LogP contribution >= 0.6 is 0 Å². The number of nitrogens with one attached hydrogen (secondary N) is 1. The van der Waals surface area contributed by atoms with E-state index in [2.05, 4.69) is 15.1 Å². The summed E-state index contributed by atoms with van der Waals surface area (Å²) in [6.45, 7) is 0.391. The molecule has 5 rings (SSSR count). The summed E-state index contributed by atoms with van der Waals surface area (Å²) in [5.74, 6) is 1.58. The number of amides is 1. The molecule has 0 saturated carbocycles. The van der Waals surface area contributed by atoms with E-state index in [1.54, 1.807) is 54.8 Å². The van der Waals surface area contributed by atoms with Crippen molar-refractivity contribution in [2.75, 3.05) is 13.6 Å². The minimum absolute atomic E-state index is 0.0860. The fourth-order valence-corrected chi connectivity index (χ4v) is 3.86. The number of hydrazone groups is 1. The van der Waals surface area contributed by atoms with E-state index in [1.807, 2.05) is 18.2 Å². The highest BCUT2D eigenvalue weighted by Crippen LogP contribution is 2.33. The zero-order valence-corrected chi connectivity index (χ0v) is 17.4. The number of rotatable bonds is 6. The van der Waals surface area contributed by atoms with E-state index < -0.39 is 0 Å². The molecule has 0 spiro atoms. The van der Waals surface area contributed by atoms with Crippen molar-refractivity contribution in [3.8, 4) is 0 Å². The first-order valence-corrected chi connectivity index (χ1v) is 10.2. The van der Waals surface area contributed by atoms with Gasteiger partial charge in [-0.05, 0) is 43.4 Å². The third kappa shape index (κ3) is 3.85. The second-order valence-electron chi connectivity index (χ2n) is 7.70. The fraction of sp³-hybridized carbons (Fsp3) is 0.217. The predicted molar refractivity (Wildman–Crippen MR) is 117 cm³/mol. The van der Waals surface area contributed by atoms with E-state index in [9.17, 15) is 9.59 Å². The van der Waals surface area contributed by atoms with Crippen LogP contribution in [0, 0.1) is 0 Å². The highest BCUT2D eigenvalue weighted by atomic mass is 16.3. The topological polar surface area (TPSA) is 108 Å². The second-order valence-corrected chi connectivity index (χ2v) is 7.70. The summed E-state index contributed by atoms with van der Waals surface area (Å²) in [6.07, 6.45) is 3.65. The van der Waals surface area contributed by atoms with Crippen LogP contribution in [0.5, 0.6) is 0 Å². The molecule has 1 aliphatic heterocycles. The summed E-state index contributed by atoms with van der Waals surface area (Å²) in [5, 5.41) is 6.51. The van der Waals surface area contributed by atoms with Crippen LogP contribution in [0.3, 0.4) is 0 Å². The number of H-pyrrole nitrogens is 1. The molecule has 1 N–H and O–H groups in total. The number of para-hydroxylation sites is 1. The molecule has 1 aromatic carbocycles. The van der Waals surface area contributed by atoms with Crippen LogP contribution in [0.2, 0.25) is 0 Å². The monoisotopic (exact) mass is 431 g/mol. The van der Waals surface area contributed by atoms with Gasteiger partial charge in [-0.3, -0.25) is 14.5 Å². The number of carbonyl (C=O) groups excluding carboxylic acids is 1. The van der Waals surface area contributed by atoms with Crippen LogP contribution in [-0.2, 0) is 11.3 Å². The van der Waals surface area contributed by atoms with Gasteiger partial charge in [0.05, 0.1) is 36.5 Å². The molecule has 4 aromatic rings. The molecule has 4 heterocycles. The standard InChI is InChI=1S/C23H21N5O4/c1-27(13-21-24-16-7-3-2-6-15(16)23(30)25-21)14-22(29)28-18(20-9-5-11-32-20)12-17(26-28)19-8-4-10-31-19/h2-11,18H,12-14H2,1H3,(H,24,25,30)/t18-/m1/s1. The second kappa shape index (κ2) is 8.27. The van der Waals surface area contributed by atoms with E-state index in [0.29, 0.717) is 46.9 Å². The number of fused-ring (bicyclic) bond motifs is 1. The quantitative estimate of drug-likeness (QED) is 0.503. The number of aromatic amines is 1. The third-order valence-electron chi connectivity index (χ3n) is 5.33. The van der Waals surface area contributed by atoms with Gasteiger partial charge < -0.3 is 13.8 Å². The smallest absolute Gasteiger partial charge is 0.258 e. The molecule has 0 bridgehead atoms. The first-order valence-electron chi connectivity index (χ1n) is 10.2. The summed E-state index contributed by atoms with van der Waals surface area (Å²) in [4.78, 5) is 34.6. The van der Waals surface area contributed by atoms with Crippen LogP contribution in [-0.4, -0.2) is 45.1 Å². The Labute approximate surface area is 183 Å². The number of carbonyl (C=O) groups is 1. The minimum atomic E-state index is -0.343. The Morgan fingerprint density at radius 1 is 1.16 bits per heavy atom. The van der Waals surface area contributed by atoms with Crippen molar-refractivity contribution in [2.45, 2.75) is 19.0 Å². The van der Waals surface area contributed by atoms with Crippen LogP contribution in [0.4, 0.5) is 0 Å². The van der Waals surface area contributed by atoms with Crippen molar-refractivity contribution in [3.05, 3.63) is 88.8 Å². The fourth-order valence-electron chi connectivity index (χ4n) is 3.86. The molecular formula is C23H21N5O4. The summed E-state index contributed by atoms with van der Waals surface area (Å²) in [5.41, 5.74) is 1.11. The first-order chi connectivity index (χ1) is 15.6. The maximum Gasteiger partial charge on any atom is 0.258 e. The molecule has 1 atom stereocenters. The van der Waals surface area contributed by atoms with Crippen molar-refractivity contribution in [2.24, 2.45) is 5.10 Å². The SMILES string of the molecule is CN(CC(=O)N1N=C(c2ccco2)C[C@@H]1c1ccco1)Cc1nc2ccccc2c(=O)[nH]1. The molecule has 0 unspecified atom stereocenters. The van der Waals surface area contributed by atoms with Crippen molar-refractivity contribution in [3.63, 3.8) is 0 Å². The van der Waals surface area contributed by atoms with E-state index in [4.69, 9.17) is 8.83 Å². The van der Waals surface area contributed by atoms with Crippen LogP contribution in [0.1, 0.15) is 29.8 Å². The van der Waals surface area contributed by atoms with Gasteiger partial charge in [-0.25, -0.2) is 9.99 Å². The molecule has 32 heavy (non-hydrogen) atoms. The number of aromatic nitrogens is 2. The van der Waals surface area contributed by atoms with Crippen LogP contribution in [0.25, 0.3) is 10.9 Å². The number of nitrogens with zero attached hydrogens (tertiary/aromatic N) is 4. The van der Waals surface area contributed by atoms with E-state index >= 15 is 0 Å². The number of benzene rings is 1. The van der Waals surface area contributed by atoms with Gasteiger partial charge in [0.1, 0.15) is 29.1 Å². The minimum Gasteiger partial charge on any atom is -0.467 e. The van der Waals surface area contributed by atoms with Crippen molar-refractivity contribution in [1.82, 2.24) is 19.9 Å². The summed E-state index contributed by atoms with van der Waals surface area (Å²) in [7, 11) is 1.79. The average Bonchev–Trinajstić information content (AvgIpc) is 3.54. The van der Waals surface area contributed by atoms with Gasteiger partial charge in [-0.2, -0.15) is 5.10 Å². The van der Waals surface area contributed by atoms with Crippen molar-refractivity contribution >= 4 is 22.5 Å². The van der Waals surface area contributed by atoms with Gasteiger partial charge in [0.2, 0.25) is 0 Å². The van der Waals surface area contributed by atoms with E-state index in [-0.39, 0.29) is 24.1 Å². The molecule has 0 radical (unpaired) electrons. The molecule has 1 aliphatic rings. The van der Waals surface area contributed by atoms with Gasteiger partial charge >= 0.3 is 0 Å². The maximum atomic E-state index is 13.2. The Morgan fingerprint density at radius 3 is 2.75 bits per heavy atom. The number of likely N-dealkylation sites (N-methyl/N-ethyl adjacent to an activating group) is 1.